The van der Waals surface area contributed by atoms with E-state index in [0.29, 0.717) is 12.8 Å². The lowest BCUT2D eigenvalue weighted by Crippen LogP contribution is -2.57. The molecule has 32 heavy (non-hydrogen) atoms. The van der Waals surface area contributed by atoms with Gasteiger partial charge in [0.25, 0.3) is 0 Å². The maximum absolute atomic E-state index is 12.8. The molecule has 4 atom stereocenters. The molecule has 0 saturated heterocycles. The molecule has 0 spiro atoms. The molecular weight excluding hydrogens is 412 g/mol. The minimum atomic E-state index is -1.15. The molecule has 0 heterocycles. The normalized spacial score (nSPS) is 14.9. The molecule has 0 aliphatic rings. The molecular formula is C23H36N4O5. The topological polar surface area (TPSA) is 151 Å². The van der Waals surface area contributed by atoms with Crippen molar-refractivity contribution in [3.63, 3.8) is 0 Å². The largest absolute Gasteiger partial charge is 0.480 e. The molecule has 3 amide bonds. The molecule has 6 N–H and O–H groups in total. The third-order valence-electron chi connectivity index (χ3n) is 4.96. The first-order chi connectivity index (χ1) is 14.9. The number of nitrogens with two attached hydrogens (primary N) is 1. The molecule has 1 aromatic carbocycles. The molecule has 9 nitrogen and oxygen atoms in total. The van der Waals surface area contributed by atoms with Crippen LogP contribution in [0.25, 0.3) is 0 Å². The highest BCUT2D eigenvalue weighted by Gasteiger charge is 2.29. The number of amides is 3. The van der Waals surface area contributed by atoms with Crippen LogP contribution in [-0.4, -0.2) is 53.0 Å². The van der Waals surface area contributed by atoms with Gasteiger partial charge in [-0.25, -0.2) is 4.79 Å². The molecule has 0 aromatic heterocycles. The fraction of sp³-hybridized carbons (Fsp3) is 0.565. The summed E-state index contributed by atoms with van der Waals surface area (Å²) in [6.45, 7) is 8.63. The fourth-order valence-electron chi connectivity index (χ4n) is 3.11. The summed E-state index contributed by atoms with van der Waals surface area (Å²) in [7, 11) is 0. The number of hydrogen-bond acceptors (Lipinski definition) is 5. The fourth-order valence-corrected chi connectivity index (χ4v) is 3.11. The van der Waals surface area contributed by atoms with Gasteiger partial charge in [0.2, 0.25) is 17.7 Å². The Morgan fingerprint density at radius 1 is 0.875 bits per heavy atom. The Morgan fingerprint density at radius 2 is 1.47 bits per heavy atom. The molecule has 0 aliphatic heterocycles. The summed E-state index contributed by atoms with van der Waals surface area (Å²) in [5.41, 5.74) is 6.93. The van der Waals surface area contributed by atoms with Gasteiger partial charge < -0.3 is 26.8 Å². The molecule has 0 radical (unpaired) electrons. The number of carboxylic acids is 1. The van der Waals surface area contributed by atoms with E-state index in [-0.39, 0.29) is 11.8 Å². The third kappa shape index (κ3) is 9.05. The highest BCUT2D eigenvalue weighted by molar-refractivity contribution is 5.94. The van der Waals surface area contributed by atoms with Crippen molar-refractivity contribution in [1.29, 1.82) is 0 Å². The van der Waals surface area contributed by atoms with Gasteiger partial charge in [0.15, 0.2) is 0 Å². The average Bonchev–Trinajstić information content (AvgIpc) is 2.70. The number of benzene rings is 1. The van der Waals surface area contributed by atoms with Crippen molar-refractivity contribution >= 4 is 23.7 Å². The van der Waals surface area contributed by atoms with Gasteiger partial charge in [-0.05, 0) is 37.2 Å². The van der Waals surface area contributed by atoms with E-state index in [1.54, 1.807) is 13.8 Å². The predicted octanol–water partition coefficient (Wildman–Crippen LogP) is 0.817. The molecule has 0 bridgehead atoms. The van der Waals surface area contributed by atoms with Gasteiger partial charge in [0.05, 0.1) is 6.04 Å². The van der Waals surface area contributed by atoms with Crippen molar-refractivity contribution < 1.29 is 24.3 Å². The van der Waals surface area contributed by atoms with Crippen molar-refractivity contribution in [2.24, 2.45) is 17.6 Å². The van der Waals surface area contributed by atoms with Gasteiger partial charge in [-0.15, -0.1) is 0 Å². The Hall–Kier alpha value is -2.94. The zero-order valence-electron chi connectivity index (χ0n) is 19.4. The Labute approximate surface area is 189 Å². The SMILES string of the molecule is CC(C)CC(NC(=O)C(N)Cc1ccccc1)C(=O)NC(C)C(=O)NC(C(=O)O)C(C)C. The van der Waals surface area contributed by atoms with E-state index in [2.05, 4.69) is 16.0 Å². The van der Waals surface area contributed by atoms with E-state index in [0.717, 1.165) is 5.56 Å². The zero-order chi connectivity index (χ0) is 24.4. The minimum Gasteiger partial charge on any atom is -0.480 e. The summed E-state index contributed by atoms with van der Waals surface area (Å²) in [5.74, 6) is -2.98. The average molecular weight is 449 g/mol. The summed E-state index contributed by atoms with van der Waals surface area (Å²) in [6, 6.07) is 5.57. The standard InChI is InChI=1S/C23H36N4O5/c1-13(2)11-18(26-21(29)17(24)12-16-9-7-6-8-10-16)22(30)25-15(5)20(28)27-19(14(3)4)23(31)32/h6-10,13-15,17-19H,11-12,24H2,1-5H3,(H,25,30)(H,26,29)(H,27,28)(H,31,32). The van der Waals surface area contributed by atoms with Crippen LogP contribution in [0.15, 0.2) is 30.3 Å². The first-order valence-electron chi connectivity index (χ1n) is 10.9. The summed E-state index contributed by atoms with van der Waals surface area (Å²) in [5, 5.41) is 16.9. The van der Waals surface area contributed by atoms with Crippen molar-refractivity contribution in [3.8, 4) is 0 Å². The van der Waals surface area contributed by atoms with E-state index in [4.69, 9.17) is 5.73 Å². The lowest BCUT2D eigenvalue weighted by atomic mass is 10.0. The minimum absolute atomic E-state index is 0.0952. The van der Waals surface area contributed by atoms with Crippen molar-refractivity contribution in [3.05, 3.63) is 35.9 Å². The van der Waals surface area contributed by atoms with Crippen molar-refractivity contribution in [2.45, 2.75) is 71.6 Å². The van der Waals surface area contributed by atoms with Gasteiger partial charge >= 0.3 is 5.97 Å². The van der Waals surface area contributed by atoms with Crippen molar-refractivity contribution in [1.82, 2.24) is 16.0 Å². The predicted molar refractivity (Wildman–Crippen MR) is 122 cm³/mol. The summed E-state index contributed by atoms with van der Waals surface area (Å²) >= 11 is 0. The van der Waals surface area contributed by atoms with E-state index in [1.807, 2.05) is 44.2 Å². The number of carbonyl (C=O) groups excluding carboxylic acids is 3. The Balaban J connectivity index is 2.77. The van der Waals surface area contributed by atoms with E-state index in [1.165, 1.54) is 6.92 Å². The summed E-state index contributed by atoms with van der Waals surface area (Å²) in [6.07, 6.45) is 0.682. The molecule has 9 heteroatoms. The van der Waals surface area contributed by atoms with Gasteiger partial charge in [0.1, 0.15) is 18.1 Å². The lowest BCUT2D eigenvalue weighted by molar-refractivity contribution is -0.143. The van der Waals surface area contributed by atoms with Crippen LogP contribution in [-0.2, 0) is 25.6 Å². The maximum atomic E-state index is 12.8. The molecule has 178 valence electrons. The molecule has 1 rings (SSSR count). The van der Waals surface area contributed by atoms with Crippen LogP contribution in [0.2, 0.25) is 0 Å². The monoisotopic (exact) mass is 448 g/mol. The van der Waals surface area contributed by atoms with Gasteiger partial charge in [-0.2, -0.15) is 0 Å². The second kappa shape index (κ2) is 12.8. The van der Waals surface area contributed by atoms with Crippen LogP contribution in [0, 0.1) is 11.8 Å². The highest BCUT2D eigenvalue weighted by atomic mass is 16.4. The Morgan fingerprint density at radius 3 is 1.97 bits per heavy atom. The van der Waals surface area contributed by atoms with Gasteiger partial charge in [0, 0.05) is 0 Å². The van der Waals surface area contributed by atoms with Crippen LogP contribution in [0.4, 0.5) is 0 Å². The highest BCUT2D eigenvalue weighted by Crippen LogP contribution is 2.08. The quantitative estimate of drug-likeness (QED) is 0.319. The second-order valence-electron chi connectivity index (χ2n) is 8.79. The van der Waals surface area contributed by atoms with E-state index < -0.39 is 47.9 Å². The second-order valence-corrected chi connectivity index (χ2v) is 8.79. The summed E-state index contributed by atoms with van der Waals surface area (Å²) in [4.78, 5) is 49.1. The van der Waals surface area contributed by atoms with Crippen LogP contribution in [0.3, 0.4) is 0 Å². The molecule has 0 aliphatic carbocycles. The summed E-state index contributed by atoms with van der Waals surface area (Å²) < 4.78 is 0. The molecule has 0 saturated carbocycles. The first-order valence-corrected chi connectivity index (χ1v) is 10.9. The first kappa shape index (κ1) is 27.1. The third-order valence-corrected chi connectivity index (χ3v) is 4.96. The lowest BCUT2D eigenvalue weighted by Gasteiger charge is -2.25. The number of aliphatic carboxylic acids is 1. The van der Waals surface area contributed by atoms with Gasteiger partial charge in [-0.3, -0.25) is 14.4 Å². The van der Waals surface area contributed by atoms with Crippen LogP contribution in [0.1, 0.15) is 46.6 Å². The maximum Gasteiger partial charge on any atom is 0.326 e. The van der Waals surface area contributed by atoms with Crippen molar-refractivity contribution in [2.75, 3.05) is 0 Å². The molecule has 0 fully saturated rings. The van der Waals surface area contributed by atoms with Crippen LogP contribution < -0.4 is 21.7 Å². The number of rotatable bonds is 12. The van der Waals surface area contributed by atoms with E-state index in [9.17, 15) is 24.3 Å². The van der Waals surface area contributed by atoms with Crippen LogP contribution >= 0.6 is 0 Å². The zero-order valence-corrected chi connectivity index (χ0v) is 19.4. The van der Waals surface area contributed by atoms with Gasteiger partial charge in [-0.1, -0.05) is 58.0 Å². The Kier molecular flexibility index (Phi) is 10.8. The molecule has 4 unspecified atom stereocenters. The van der Waals surface area contributed by atoms with Crippen LogP contribution in [0.5, 0.6) is 0 Å². The van der Waals surface area contributed by atoms with E-state index >= 15 is 0 Å². The Bertz CT molecular complexity index is 782. The number of carboxylic acid groups (broad SMARTS) is 1. The number of carbonyl (C=O) groups is 4. The number of hydrogen-bond donors (Lipinski definition) is 5. The smallest absolute Gasteiger partial charge is 0.326 e. The molecule has 1 aromatic rings. The number of nitrogens with one attached hydrogen (secondary N) is 3.